The van der Waals surface area contributed by atoms with Crippen molar-refractivity contribution in [2.75, 3.05) is 0 Å². The van der Waals surface area contributed by atoms with Crippen LogP contribution in [0.15, 0.2) is 243 Å². The lowest BCUT2D eigenvalue weighted by atomic mass is 9.90. The molecule has 14 aromatic rings. The summed E-state index contributed by atoms with van der Waals surface area (Å²) in [6.07, 6.45) is 0. The molecule has 1 aliphatic carbocycles. The highest BCUT2D eigenvalue weighted by molar-refractivity contribution is 6.25. The molecular weight excluding hydrogens is 1020 g/mol. The minimum atomic E-state index is -2.45. The Kier molecular flexibility index (Phi) is 9.25. The minimum Gasteiger partial charge on any atom is -0.353 e. The standard InChI is InChI=1S/C80H54N4/c1-45-17-13-29-57(33-45)69-73-61-37-49-21-5-7-23-51(49)39-63(61)75(81-73)70(58-30-14-18-46(2)34-58)77-65-41-53-25-9-11-27-55(53)43-67(65)79(83-77)72(60-32-16-20-48(4)36-60)80-68-44-56-28-12-10-26-54(56)42-66(68)78(84-80)71(59-31-15-19-47(3)35-59)76-64-40-52-24-8-6-22-50(52)38-62(64)74(69)82-76/h5-44,81,84H,1-4H3/i1D3,3D3. The number of nitrogens with zero attached hydrogens (tertiary/aromatic N) is 2. The van der Waals surface area contributed by atoms with Gasteiger partial charge in [-0.05, 0) is 141 Å². The maximum absolute atomic E-state index is 8.89. The summed E-state index contributed by atoms with van der Waals surface area (Å²) in [6.45, 7) is -0.641. The Morgan fingerprint density at radius 3 is 0.750 bits per heavy atom. The van der Waals surface area contributed by atoms with Gasteiger partial charge in [0, 0.05) is 74.3 Å². The van der Waals surface area contributed by atoms with E-state index in [2.05, 4.69) is 206 Å². The Labute approximate surface area is 494 Å². The zero-order valence-corrected chi connectivity index (χ0v) is 46.0. The monoisotopic (exact) mass is 1080 g/mol. The van der Waals surface area contributed by atoms with E-state index in [9.17, 15) is 0 Å². The Balaban J connectivity index is 1.24. The van der Waals surface area contributed by atoms with E-state index in [1.54, 1.807) is 24.3 Å². The molecule has 4 nitrogen and oxygen atoms in total. The summed E-state index contributed by atoms with van der Waals surface area (Å²) in [5, 5.41) is 12.0. The van der Waals surface area contributed by atoms with Crippen LogP contribution in [0.1, 0.15) is 30.5 Å². The molecule has 0 spiro atoms. The van der Waals surface area contributed by atoms with Gasteiger partial charge in [0.1, 0.15) is 0 Å². The lowest BCUT2D eigenvalue weighted by Crippen LogP contribution is -1.89. The highest BCUT2D eigenvalue weighted by atomic mass is 14.8. The van der Waals surface area contributed by atoms with E-state index < -0.39 is 13.7 Å². The number of aromatic amines is 2. The molecule has 0 amide bonds. The molecule has 394 valence electrons. The molecule has 0 atom stereocenters. The molecule has 17 rings (SSSR count). The maximum atomic E-state index is 8.89. The van der Waals surface area contributed by atoms with Gasteiger partial charge in [-0.1, -0.05) is 216 Å². The van der Waals surface area contributed by atoms with Crippen molar-refractivity contribution >= 4 is 86.7 Å². The molecule has 12 aromatic carbocycles. The number of aryl methyl sites for hydroxylation is 4. The molecule has 0 fully saturated rings. The number of rotatable bonds is 4. The van der Waals surface area contributed by atoms with Gasteiger partial charge in [0.2, 0.25) is 0 Å². The number of hydrogen-bond acceptors (Lipinski definition) is 2. The Morgan fingerprint density at radius 2 is 0.500 bits per heavy atom. The number of aromatic nitrogens is 4. The molecule has 0 unspecified atom stereocenters. The van der Waals surface area contributed by atoms with Crippen molar-refractivity contribution in [3.8, 4) is 89.5 Å². The summed E-state index contributed by atoms with van der Waals surface area (Å²) < 4.78 is 53.3. The fourth-order valence-corrected chi connectivity index (χ4v) is 13.7. The van der Waals surface area contributed by atoms with Crippen LogP contribution in [0.4, 0.5) is 0 Å². The van der Waals surface area contributed by atoms with Gasteiger partial charge < -0.3 is 9.97 Å². The van der Waals surface area contributed by atoms with Gasteiger partial charge >= 0.3 is 0 Å². The second-order valence-corrected chi connectivity index (χ2v) is 22.7. The summed E-state index contributed by atoms with van der Waals surface area (Å²) in [5.41, 5.74) is 18.4. The summed E-state index contributed by atoms with van der Waals surface area (Å²) >= 11 is 0. The topological polar surface area (TPSA) is 57.4 Å². The highest BCUT2D eigenvalue weighted by Crippen LogP contribution is 2.54. The molecule has 2 N–H and O–H groups in total. The average Bonchev–Trinajstić information content (AvgIpc) is 1.59. The molecule has 3 aliphatic rings. The number of benzene rings is 12. The van der Waals surface area contributed by atoms with Gasteiger partial charge in [-0.2, -0.15) is 0 Å². The van der Waals surface area contributed by atoms with E-state index in [4.69, 9.17) is 18.2 Å². The van der Waals surface area contributed by atoms with Gasteiger partial charge in [-0.3, -0.25) is 0 Å². The lowest BCUT2D eigenvalue weighted by Gasteiger charge is -2.11. The van der Waals surface area contributed by atoms with E-state index in [1.165, 1.54) is 0 Å². The van der Waals surface area contributed by atoms with Crippen molar-refractivity contribution in [2.24, 2.45) is 0 Å². The van der Waals surface area contributed by atoms with Crippen LogP contribution >= 0.6 is 0 Å². The third-order valence-electron chi connectivity index (χ3n) is 17.5. The fourth-order valence-electron chi connectivity index (χ4n) is 13.7. The molecule has 0 saturated carbocycles. The van der Waals surface area contributed by atoms with Crippen LogP contribution in [0.25, 0.3) is 176 Å². The first-order chi connectivity index (χ1) is 43.7. The molecule has 2 aliphatic heterocycles. The summed E-state index contributed by atoms with van der Waals surface area (Å²) in [5.74, 6) is 0. The minimum absolute atomic E-state index is 0.189. The van der Waals surface area contributed by atoms with Gasteiger partial charge in [0.05, 0.1) is 44.8 Å². The van der Waals surface area contributed by atoms with Crippen molar-refractivity contribution < 1.29 is 8.22 Å². The highest BCUT2D eigenvalue weighted by Gasteiger charge is 2.31. The predicted octanol–water partition coefficient (Wildman–Crippen LogP) is 21.8. The SMILES string of the molecule is [2H]C([2H])([2H])c1cccc(-c2c3nc(c(-c4cccc(C([2H])([2H])[2H])c4)c4[nH]c(c(-c5cccc(C)c5)c5nc(c(-c6cccc(C)c6)c6[nH]c2c2cc7ccccc7cc62)-c2cc6ccccc6cc2-5)c2cc5ccccc5cc42)-c2cc4ccccc4cc2-3)c1. The van der Waals surface area contributed by atoms with E-state index in [0.717, 1.165) is 154 Å². The van der Waals surface area contributed by atoms with Crippen LogP contribution in [0.2, 0.25) is 0 Å². The Bertz CT molecular complexity index is 5460. The second kappa shape index (κ2) is 18.4. The predicted molar refractivity (Wildman–Crippen MR) is 356 cm³/mol. The molecule has 4 heterocycles. The summed E-state index contributed by atoms with van der Waals surface area (Å²) in [4.78, 5) is 20.7. The molecule has 0 radical (unpaired) electrons. The van der Waals surface area contributed by atoms with Crippen molar-refractivity contribution in [1.82, 2.24) is 19.9 Å². The first-order valence-corrected chi connectivity index (χ1v) is 28.6. The van der Waals surface area contributed by atoms with Crippen LogP contribution in [0.3, 0.4) is 0 Å². The van der Waals surface area contributed by atoms with Crippen molar-refractivity contribution in [3.05, 3.63) is 265 Å². The number of fused-ring (bicyclic) bond motifs is 4. The van der Waals surface area contributed by atoms with E-state index in [0.29, 0.717) is 33.6 Å². The zero-order valence-electron chi connectivity index (χ0n) is 52.0. The molecule has 0 saturated heterocycles. The largest absolute Gasteiger partial charge is 0.353 e. The number of nitrogens with one attached hydrogen (secondary N) is 2. The Morgan fingerprint density at radius 1 is 0.262 bits per heavy atom. The summed E-state index contributed by atoms with van der Waals surface area (Å²) in [6, 6.07) is 83.7. The first-order valence-electron chi connectivity index (χ1n) is 31.6. The normalized spacial score (nSPS) is 13.4. The number of H-pyrrole nitrogens is 2. The average molecular weight is 1080 g/mol. The van der Waals surface area contributed by atoms with Crippen LogP contribution in [0, 0.1) is 27.6 Å². The number of hydrogen-bond donors (Lipinski definition) is 2. The third-order valence-corrected chi connectivity index (χ3v) is 17.5. The van der Waals surface area contributed by atoms with Crippen LogP contribution < -0.4 is 0 Å². The molecule has 4 heteroatoms. The fraction of sp³-hybridized carbons (Fsp3) is 0.0500. The Hall–Kier alpha value is -10.7. The van der Waals surface area contributed by atoms with Crippen molar-refractivity contribution in [2.45, 2.75) is 27.6 Å². The van der Waals surface area contributed by atoms with Crippen LogP contribution in [0.5, 0.6) is 0 Å². The quantitative estimate of drug-likeness (QED) is 0.185. The van der Waals surface area contributed by atoms with Crippen LogP contribution in [-0.2, 0) is 0 Å². The molecule has 84 heavy (non-hydrogen) atoms. The van der Waals surface area contributed by atoms with Crippen molar-refractivity contribution in [3.63, 3.8) is 0 Å². The van der Waals surface area contributed by atoms with E-state index in [-0.39, 0.29) is 11.1 Å². The van der Waals surface area contributed by atoms with Gasteiger partial charge in [0.15, 0.2) is 0 Å². The molecule has 2 aromatic heterocycles. The van der Waals surface area contributed by atoms with Gasteiger partial charge in [-0.25, -0.2) is 9.97 Å². The van der Waals surface area contributed by atoms with E-state index in [1.807, 2.05) is 36.4 Å². The molecular formula is C80H54N4. The zero-order chi connectivity index (χ0) is 60.9. The van der Waals surface area contributed by atoms with Gasteiger partial charge in [0.25, 0.3) is 0 Å². The van der Waals surface area contributed by atoms with Crippen LogP contribution in [-0.4, -0.2) is 19.9 Å². The second-order valence-electron chi connectivity index (χ2n) is 22.7. The maximum Gasteiger partial charge on any atom is 0.0816 e. The lowest BCUT2D eigenvalue weighted by molar-refractivity contribution is 1.38. The first kappa shape index (κ1) is 42.2. The smallest absolute Gasteiger partial charge is 0.0816 e. The third kappa shape index (κ3) is 7.47. The molecule has 8 bridgehead atoms. The van der Waals surface area contributed by atoms with E-state index >= 15 is 0 Å². The van der Waals surface area contributed by atoms with Gasteiger partial charge in [-0.15, -0.1) is 0 Å². The van der Waals surface area contributed by atoms with Crippen molar-refractivity contribution in [1.29, 1.82) is 0 Å². The summed E-state index contributed by atoms with van der Waals surface area (Å²) in [7, 11) is 0.